The average molecular weight is 283 g/mol. The van der Waals surface area contributed by atoms with E-state index in [1.165, 1.54) is 16.3 Å². The van der Waals surface area contributed by atoms with Crippen molar-refractivity contribution in [3.63, 3.8) is 0 Å². The van der Waals surface area contributed by atoms with E-state index >= 15 is 0 Å². The van der Waals surface area contributed by atoms with Gasteiger partial charge in [0.1, 0.15) is 5.75 Å². The molecule has 0 aromatic heterocycles. The summed E-state index contributed by atoms with van der Waals surface area (Å²) in [4.78, 5) is 10.8. The van der Waals surface area contributed by atoms with Gasteiger partial charge < -0.3 is 10.5 Å². The molecule has 0 heterocycles. The number of nitrogens with zero attached hydrogens (tertiary/aromatic N) is 1. The number of aryl methyl sites for hydroxylation is 1. The summed E-state index contributed by atoms with van der Waals surface area (Å²) in [5.74, 6) is 0.843. The minimum atomic E-state index is -0.642. The lowest BCUT2D eigenvalue weighted by Crippen LogP contribution is -2.27. The van der Waals surface area contributed by atoms with Gasteiger partial charge in [-0.3, -0.25) is 0 Å². The Morgan fingerprint density at radius 1 is 1.29 bits per heavy atom. The monoisotopic (exact) mass is 283 g/mol. The maximum atomic E-state index is 10.8. The normalized spacial score (nSPS) is 15.8. The first-order valence-corrected chi connectivity index (χ1v) is 6.91. The molecule has 0 fully saturated rings. The van der Waals surface area contributed by atoms with Gasteiger partial charge >= 0.3 is 6.03 Å². The van der Waals surface area contributed by atoms with Crippen LogP contribution in [-0.4, -0.2) is 18.9 Å². The summed E-state index contributed by atoms with van der Waals surface area (Å²) in [5, 5.41) is 6.49. The lowest BCUT2D eigenvalue weighted by molar-refractivity contribution is 0.249. The molecule has 2 aromatic rings. The second kappa shape index (κ2) is 5.44. The number of benzene rings is 2. The van der Waals surface area contributed by atoms with Crippen molar-refractivity contribution in [3.8, 4) is 5.75 Å². The highest BCUT2D eigenvalue weighted by molar-refractivity contribution is 6.07. The molecule has 0 spiro atoms. The standard InChI is InChI=1S/C16H17N3O2/c1-21-11-7-5-10-6-8-13-12(14(10)9-11)3-2-4-15(13)18-19-16(17)20/h5-9H,2-4H2,1H3,(H3,17,19,20)/b18-15-. The Bertz CT molecular complexity index is 738. The van der Waals surface area contributed by atoms with Crippen molar-refractivity contribution in [3.05, 3.63) is 41.5 Å². The van der Waals surface area contributed by atoms with Crippen LogP contribution in [0.4, 0.5) is 4.79 Å². The van der Waals surface area contributed by atoms with E-state index in [4.69, 9.17) is 10.5 Å². The number of hydrazone groups is 1. The van der Waals surface area contributed by atoms with Crippen molar-refractivity contribution in [1.29, 1.82) is 0 Å². The van der Waals surface area contributed by atoms with Crippen molar-refractivity contribution in [2.24, 2.45) is 10.8 Å². The van der Waals surface area contributed by atoms with Crippen LogP contribution in [-0.2, 0) is 6.42 Å². The summed E-state index contributed by atoms with van der Waals surface area (Å²) in [6.07, 6.45) is 2.83. The molecule has 0 radical (unpaired) electrons. The fourth-order valence-corrected chi connectivity index (χ4v) is 2.83. The molecule has 0 unspecified atom stereocenters. The molecule has 0 aliphatic heterocycles. The zero-order valence-electron chi connectivity index (χ0n) is 11.8. The third-order valence-electron chi connectivity index (χ3n) is 3.79. The first kappa shape index (κ1) is 13.4. The molecule has 108 valence electrons. The second-order valence-corrected chi connectivity index (χ2v) is 5.07. The van der Waals surface area contributed by atoms with Gasteiger partial charge in [-0.25, -0.2) is 10.2 Å². The molecule has 0 saturated heterocycles. The molecular weight excluding hydrogens is 266 g/mol. The van der Waals surface area contributed by atoms with Crippen molar-refractivity contribution >= 4 is 22.5 Å². The second-order valence-electron chi connectivity index (χ2n) is 5.07. The molecule has 0 atom stereocenters. The van der Waals surface area contributed by atoms with Crippen LogP contribution in [0.5, 0.6) is 5.75 Å². The number of ether oxygens (including phenoxy) is 1. The number of rotatable bonds is 2. The fourth-order valence-electron chi connectivity index (χ4n) is 2.83. The molecule has 2 amide bonds. The summed E-state index contributed by atoms with van der Waals surface area (Å²) in [6, 6.07) is 9.56. The highest BCUT2D eigenvalue weighted by atomic mass is 16.5. The Labute approximate surface area is 122 Å². The van der Waals surface area contributed by atoms with Crippen LogP contribution in [0.25, 0.3) is 10.8 Å². The van der Waals surface area contributed by atoms with E-state index in [1.807, 2.05) is 6.07 Å². The summed E-state index contributed by atoms with van der Waals surface area (Å²) in [7, 11) is 1.67. The average Bonchev–Trinajstić information content (AvgIpc) is 2.51. The first-order valence-electron chi connectivity index (χ1n) is 6.91. The van der Waals surface area contributed by atoms with Gasteiger partial charge in [0.05, 0.1) is 12.8 Å². The molecule has 0 bridgehead atoms. The summed E-state index contributed by atoms with van der Waals surface area (Å²) < 4.78 is 5.32. The molecule has 0 saturated carbocycles. The van der Waals surface area contributed by atoms with Gasteiger partial charge in [0.25, 0.3) is 0 Å². The quantitative estimate of drug-likeness (QED) is 0.831. The Kier molecular flexibility index (Phi) is 3.48. The fraction of sp³-hybridized carbons (Fsp3) is 0.250. The smallest absolute Gasteiger partial charge is 0.332 e. The van der Waals surface area contributed by atoms with Crippen LogP contribution in [0.15, 0.2) is 35.4 Å². The number of nitrogens with two attached hydrogens (primary N) is 1. The number of methoxy groups -OCH3 is 1. The molecule has 3 N–H and O–H groups in total. The number of fused-ring (bicyclic) bond motifs is 3. The molecular formula is C16H17N3O2. The molecule has 21 heavy (non-hydrogen) atoms. The van der Waals surface area contributed by atoms with Crippen molar-refractivity contribution in [2.75, 3.05) is 7.11 Å². The molecule has 1 aliphatic rings. The van der Waals surface area contributed by atoms with Crippen LogP contribution in [0.2, 0.25) is 0 Å². The Hall–Kier alpha value is -2.56. The van der Waals surface area contributed by atoms with Crippen LogP contribution >= 0.6 is 0 Å². The number of primary amides is 1. The largest absolute Gasteiger partial charge is 0.497 e. The SMILES string of the molecule is COc1ccc2ccc3c(c2c1)CCC/C3=N/NC(N)=O. The molecule has 1 aliphatic carbocycles. The van der Waals surface area contributed by atoms with Gasteiger partial charge in [0.2, 0.25) is 0 Å². The highest BCUT2D eigenvalue weighted by Gasteiger charge is 2.18. The number of hydrogen-bond donors (Lipinski definition) is 2. The van der Waals surface area contributed by atoms with Gasteiger partial charge in [-0.2, -0.15) is 5.10 Å². The number of amides is 2. The van der Waals surface area contributed by atoms with Gasteiger partial charge in [0, 0.05) is 5.56 Å². The summed E-state index contributed by atoms with van der Waals surface area (Å²) >= 11 is 0. The van der Waals surface area contributed by atoms with Crippen molar-refractivity contribution in [2.45, 2.75) is 19.3 Å². The summed E-state index contributed by atoms with van der Waals surface area (Å²) in [5.41, 5.74) is 10.6. The zero-order valence-corrected chi connectivity index (χ0v) is 11.8. The molecule has 3 rings (SSSR count). The predicted molar refractivity (Wildman–Crippen MR) is 82.7 cm³/mol. The zero-order chi connectivity index (χ0) is 14.8. The van der Waals surface area contributed by atoms with E-state index in [0.29, 0.717) is 0 Å². The predicted octanol–water partition coefficient (Wildman–Crippen LogP) is 2.56. The van der Waals surface area contributed by atoms with Gasteiger partial charge in [-0.15, -0.1) is 0 Å². The van der Waals surface area contributed by atoms with Gasteiger partial charge in [0.15, 0.2) is 0 Å². The lowest BCUT2D eigenvalue weighted by atomic mass is 9.86. The Morgan fingerprint density at radius 3 is 2.86 bits per heavy atom. The molecule has 5 nitrogen and oxygen atoms in total. The van der Waals surface area contributed by atoms with Crippen LogP contribution in [0, 0.1) is 0 Å². The van der Waals surface area contributed by atoms with Gasteiger partial charge in [-0.1, -0.05) is 18.2 Å². The topological polar surface area (TPSA) is 76.7 Å². The van der Waals surface area contributed by atoms with E-state index < -0.39 is 6.03 Å². The van der Waals surface area contributed by atoms with E-state index in [0.717, 1.165) is 36.3 Å². The minimum absolute atomic E-state index is 0.642. The van der Waals surface area contributed by atoms with E-state index in [9.17, 15) is 4.79 Å². The number of carbonyl (C=O) groups is 1. The van der Waals surface area contributed by atoms with Crippen LogP contribution in [0.1, 0.15) is 24.0 Å². The summed E-state index contributed by atoms with van der Waals surface area (Å²) in [6.45, 7) is 0. The van der Waals surface area contributed by atoms with Crippen LogP contribution < -0.4 is 15.9 Å². The lowest BCUT2D eigenvalue weighted by Gasteiger charge is -2.20. The van der Waals surface area contributed by atoms with Crippen molar-refractivity contribution < 1.29 is 9.53 Å². The van der Waals surface area contributed by atoms with E-state index in [1.54, 1.807) is 7.11 Å². The third kappa shape index (κ3) is 2.54. The number of nitrogens with one attached hydrogen (secondary N) is 1. The Morgan fingerprint density at radius 2 is 2.10 bits per heavy atom. The molecule has 5 heteroatoms. The highest BCUT2D eigenvalue weighted by Crippen LogP contribution is 2.31. The van der Waals surface area contributed by atoms with Gasteiger partial charge in [-0.05, 0) is 47.7 Å². The van der Waals surface area contributed by atoms with Crippen LogP contribution in [0.3, 0.4) is 0 Å². The number of urea groups is 1. The first-order chi connectivity index (χ1) is 10.2. The molecule has 2 aromatic carbocycles. The maximum Gasteiger partial charge on any atom is 0.332 e. The number of hydrogen-bond acceptors (Lipinski definition) is 3. The van der Waals surface area contributed by atoms with E-state index in [2.05, 4.69) is 34.8 Å². The Balaban J connectivity index is 2.14. The number of carbonyl (C=O) groups excluding carboxylic acids is 1. The van der Waals surface area contributed by atoms with Crippen molar-refractivity contribution in [1.82, 2.24) is 5.43 Å². The third-order valence-corrected chi connectivity index (χ3v) is 3.79. The minimum Gasteiger partial charge on any atom is -0.497 e. The maximum absolute atomic E-state index is 10.8. The van der Waals surface area contributed by atoms with E-state index in [-0.39, 0.29) is 0 Å².